The highest BCUT2D eigenvalue weighted by atomic mass is 32.2. The molecule has 2 N–H and O–H groups in total. The maximum absolute atomic E-state index is 11.6. The number of benzene rings is 1. The first kappa shape index (κ1) is 18.1. The summed E-state index contributed by atoms with van der Waals surface area (Å²) in [5, 5.41) is 13.8. The Morgan fingerprint density at radius 2 is 2.08 bits per heavy atom. The Kier molecular flexibility index (Phi) is 5.31. The molecular weight excluding hydrogens is 358 g/mol. The van der Waals surface area contributed by atoms with Crippen LogP contribution in [-0.2, 0) is 14.6 Å². The van der Waals surface area contributed by atoms with Crippen LogP contribution in [0.3, 0.4) is 0 Å². The third-order valence-corrected chi connectivity index (χ3v) is 5.56. The van der Waals surface area contributed by atoms with Crippen LogP contribution in [0.2, 0.25) is 0 Å². The zero-order valence-electron chi connectivity index (χ0n) is 14.2. The first-order valence-corrected chi connectivity index (χ1v) is 9.98. The van der Waals surface area contributed by atoms with E-state index in [4.69, 9.17) is 4.74 Å². The molecule has 1 fully saturated rings. The molecule has 10 heteroatoms. The van der Waals surface area contributed by atoms with Crippen LogP contribution >= 0.6 is 0 Å². The summed E-state index contributed by atoms with van der Waals surface area (Å²) in [6.07, 6.45) is 1.99. The molecule has 0 radical (unpaired) electrons. The van der Waals surface area contributed by atoms with Crippen molar-refractivity contribution in [3.05, 3.63) is 36.0 Å². The fourth-order valence-electron chi connectivity index (χ4n) is 2.58. The Morgan fingerprint density at radius 3 is 2.73 bits per heavy atom. The second-order valence-electron chi connectivity index (χ2n) is 5.83. The summed E-state index contributed by atoms with van der Waals surface area (Å²) < 4.78 is 28.0. The maximum atomic E-state index is 11.6. The molecule has 3 rings (SSSR count). The number of aromatic nitrogens is 3. The largest absolute Gasteiger partial charge is 0.462 e. The van der Waals surface area contributed by atoms with E-state index in [0.717, 1.165) is 0 Å². The minimum absolute atomic E-state index is 0.0923. The van der Waals surface area contributed by atoms with E-state index in [-0.39, 0.29) is 29.5 Å². The molecule has 1 aromatic heterocycles. The number of hydrogen-bond acceptors (Lipinski definition) is 9. The predicted molar refractivity (Wildman–Crippen MR) is 96.2 cm³/mol. The lowest BCUT2D eigenvalue weighted by Gasteiger charge is -2.12. The lowest BCUT2D eigenvalue weighted by Crippen LogP contribution is -2.21. The molecule has 0 saturated carbocycles. The molecule has 1 atom stereocenters. The van der Waals surface area contributed by atoms with Crippen LogP contribution in [0.25, 0.3) is 0 Å². The summed E-state index contributed by atoms with van der Waals surface area (Å²) in [6.45, 7) is 2.07. The van der Waals surface area contributed by atoms with Gasteiger partial charge in [0.25, 0.3) is 0 Å². The molecule has 9 nitrogen and oxygen atoms in total. The van der Waals surface area contributed by atoms with Gasteiger partial charge in [-0.2, -0.15) is 10.1 Å². The molecule has 2 heterocycles. The number of sulfone groups is 1. The van der Waals surface area contributed by atoms with Crippen LogP contribution in [0.5, 0.6) is 0 Å². The van der Waals surface area contributed by atoms with Gasteiger partial charge in [0, 0.05) is 11.7 Å². The second kappa shape index (κ2) is 7.65. The van der Waals surface area contributed by atoms with Gasteiger partial charge in [-0.15, -0.1) is 5.10 Å². The first-order chi connectivity index (χ1) is 12.4. The lowest BCUT2D eigenvalue weighted by atomic mass is 10.2. The van der Waals surface area contributed by atoms with Crippen molar-refractivity contribution in [2.75, 3.05) is 28.7 Å². The van der Waals surface area contributed by atoms with E-state index in [2.05, 4.69) is 25.8 Å². The Labute approximate surface area is 151 Å². The molecule has 1 aliphatic heterocycles. The molecular formula is C16H19N5O4S. The molecule has 26 heavy (non-hydrogen) atoms. The van der Waals surface area contributed by atoms with Gasteiger partial charge in [-0.3, -0.25) is 0 Å². The maximum Gasteiger partial charge on any atom is 0.338 e. The highest BCUT2D eigenvalue weighted by Gasteiger charge is 2.28. The third-order valence-electron chi connectivity index (χ3n) is 3.80. The predicted octanol–water partition coefficient (Wildman–Crippen LogP) is 1.39. The fraction of sp³-hybridized carbons (Fsp3) is 0.375. The molecule has 1 unspecified atom stereocenters. The number of esters is 1. The smallest absolute Gasteiger partial charge is 0.338 e. The van der Waals surface area contributed by atoms with Crippen LogP contribution in [-0.4, -0.2) is 53.7 Å². The molecule has 2 aromatic rings. The SMILES string of the molecule is CCOC(=O)c1ccc(Nc2nncc(NC3CCS(=O)(=O)C3)n2)cc1. The number of ether oxygens (including phenoxy) is 1. The van der Waals surface area contributed by atoms with Crippen LogP contribution in [0.15, 0.2) is 30.5 Å². The van der Waals surface area contributed by atoms with Gasteiger partial charge in [0.2, 0.25) is 5.95 Å². The zero-order chi connectivity index (χ0) is 18.6. The van der Waals surface area contributed by atoms with Crippen molar-refractivity contribution in [2.24, 2.45) is 0 Å². The van der Waals surface area contributed by atoms with Crippen LogP contribution in [0, 0.1) is 0 Å². The van der Waals surface area contributed by atoms with Gasteiger partial charge in [-0.05, 0) is 37.6 Å². The number of carbonyl (C=O) groups is 1. The Hall–Kier alpha value is -2.75. The summed E-state index contributed by atoms with van der Waals surface area (Å²) in [5.74, 6) is 0.609. The Balaban J connectivity index is 1.64. The van der Waals surface area contributed by atoms with Gasteiger partial charge in [-0.25, -0.2) is 13.2 Å². The van der Waals surface area contributed by atoms with Crippen molar-refractivity contribution in [1.82, 2.24) is 15.2 Å². The van der Waals surface area contributed by atoms with E-state index < -0.39 is 9.84 Å². The number of hydrogen-bond donors (Lipinski definition) is 2. The Morgan fingerprint density at radius 1 is 1.31 bits per heavy atom. The van der Waals surface area contributed by atoms with Crippen molar-refractivity contribution in [2.45, 2.75) is 19.4 Å². The Bertz CT molecular complexity index is 886. The van der Waals surface area contributed by atoms with Crippen LogP contribution in [0.4, 0.5) is 17.5 Å². The normalized spacial score (nSPS) is 18.3. The summed E-state index contributed by atoms with van der Waals surface area (Å²) in [5.41, 5.74) is 1.13. The summed E-state index contributed by atoms with van der Waals surface area (Å²) in [6, 6.07) is 6.52. The van der Waals surface area contributed by atoms with Crippen LogP contribution in [0.1, 0.15) is 23.7 Å². The molecule has 0 amide bonds. The van der Waals surface area contributed by atoms with Gasteiger partial charge in [-0.1, -0.05) is 0 Å². The minimum atomic E-state index is -2.97. The van der Waals surface area contributed by atoms with Gasteiger partial charge >= 0.3 is 5.97 Å². The fourth-order valence-corrected chi connectivity index (χ4v) is 4.25. The van der Waals surface area contributed by atoms with E-state index in [1.54, 1.807) is 31.2 Å². The standard InChI is InChI=1S/C16H19N5O4S/c1-2-25-15(22)11-3-5-12(6-4-11)19-16-20-14(9-17-21-16)18-13-7-8-26(23,24)10-13/h3-6,9,13H,2,7-8,10H2,1H3,(H2,18,19,20,21). The first-order valence-electron chi connectivity index (χ1n) is 8.16. The van der Waals surface area contributed by atoms with E-state index in [0.29, 0.717) is 30.1 Å². The molecule has 1 aliphatic rings. The van der Waals surface area contributed by atoms with Gasteiger partial charge in [0.05, 0.1) is 29.9 Å². The summed E-state index contributed by atoms with van der Waals surface area (Å²) in [4.78, 5) is 15.9. The van der Waals surface area contributed by atoms with E-state index in [1.165, 1.54) is 6.20 Å². The quantitative estimate of drug-likeness (QED) is 0.719. The third kappa shape index (κ3) is 4.66. The average molecular weight is 377 g/mol. The van der Waals surface area contributed by atoms with Crippen molar-refractivity contribution >= 4 is 33.3 Å². The van der Waals surface area contributed by atoms with Crippen molar-refractivity contribution < 1.29 is 17.9 Å². The zero-order valence-corrected chi connectivity index (χ0v) is 15.0. The van der Waals surface area contributed by atoms with E-state index in [1.807, 2.05) is 0 Å². The molecule has 0 aliphatic carbocycles. The molecule has 1 aromatic carbocycles. The summed E-state index contributed by atoms with van der Waals surface area (Å²) in [7, 11) is -2.97. The second-order valence-corrected chi connectivity index (χ2v) is 8.06. The number of nitrogens with one attached hydrogen (secondary N) is 2. The van der Waals surface area contributed by atoms with Crippen molar-refractivity contribution in [1.29, 1.82) is 0 Å². The molecule has 1 saturated heterocycles. The van der Waals surface area contributed by atoms with Crippen molar-refractivity contribution in [3.8, 4) is 0 Å². The number of anilines is 3. The van der Waals surface area contributed by atoms with Gasteiger partial charge in [0.15, 0.2) is 15.7 Å². The monoisotopic (exact) mass is 377 g/mol. The topological polar surface area (TPSA) is 123 Å². The number of carbonyl (C=O) groups excluding carboxylic acids is 1. The highest BCUT2D eigenvalue weighted by molar-refractivity contribution is 7.91. The summed E-state index contributed by atoms with van der Waals surface area (Å²) >= 11 is 0. The van der Waals surface area contributed by atoms with Gasteiger partial charge < -0.3 is 15.4 Å². The van der Waals surface area contributed by atoms with E-state index >= 15 is 0 Å². The highest BCUT2D eigenvalue weighted by Crippen LogP contribution is 2.18. The lowest BCUT2D eigenvalue weighted by molar-refractivity contribution is 0.0526. The van der Waals surface area contributed by atoms with Gasteiger partial charge in [0.1, 0.15) is 0 Å². The molecule has 0 bridgehead atoms. The minimum Gasteiger partial charge on any atom is -0.462 e. The van der Waals surface area contributed by atoms with Crippen LogP contribution < -0.4 is 10.6 Å². The van der Waals surface area contributed by atoms with Crippen molar-refractivity contribution in [3.63, 3.8) is 0 Å². The molecule has 0 spiro atoms. The molecule has 138 valence electrons. The van der Waals surface area contributed by atoms with E-state index in [9.17, 15) is 13.2 Å². The number of rotatable bonds is 6. The average Bonchev–Trinajstić information content (AvgIpc) is 2.94. The number of nitrogens with zero attached hydrogens (tertiary/aromatic N) is 3.